The van der Waals surface area contributed by atoms with Crippen LogP contribution in [0, 0.1) is 18.7 Å². The molecule has 0 spiro atoms. The summed E-state index contributed by atoms with van der Waals surface area (Å²) in [7, 11) is 0. The first-order valence-electron chi connectivity index (χ1n) is 12.3. The van der Waals surface area contributed by atoms with Gasteiger partial charge in [-0.2, -0.15) is 0 Å². The summed E-state index contributed by atoms with van der Waals surface area (Å²) in [6.07, 6.45) is 3.45. The molecule has 2 aliphatic rings. The number of H-pyrrole nitrogens is 1. The fourth-order valence-corrected chi connectivity index (χ4v) is 4.84. The molecule has 36 heavy (non-hydrogen) atoms. The van der Waals surface area contributed by atoms with Crippen LogP contribution in [0.3, 0.4) is 0 Å². The average molecular weight is 498 g/mol. The van der Waals surface area contributed by atoms with Crippen LogP contribution < -0.4 is 15.4 Å². The highest BCUT2D eigenvalue weighted by Crippen LogP contribution is 2.37. The molecule has 1 aromatic carbocycles. The molecular formula is C26H29F2N5O3. The third kappa shape index (κ3) is 5.03. The van der Waals surface area contributed by atoms with Crippen LogP contribution in [-0.2, 0) is 4.79 Å². The zero-order chi connectivity index (χ0) is 25.4. The number of hydrogen-bond donors (Lipinski definition) is 3. The Morgan fingerprint density at radius 3 is 2.69 bits per heavy atom. The van der Waals surface area contributed by atoms with Crippen molar-refractivity contribution in [3.8, 4) is 17.0 Å². The molecular weight excluding hydrogens is 468 g/mol. The Bertz CT molecular complexity index is 1310. The first-order valence-corrected chi connectivity index (χ1v) is 12.3. The maximum atomic E-state index is 14.6. The highest BCUT2D eigenvalue weighted by molar-refractivity contribution is 6.09. The van der Waals surface area contributed by atoms with E-state index in [1.54, 1.807) is 13.0 Å². The van der Waals surface area contributed by atoms with Gasteiger partial charge in [0, 0.05) is 30.6 Å². The maximum absolute atomic E-state index is 14.6. The van der Waals surface area contributed by atoms with Crippen molar-refractivity contribution < 1.29 is 23.1 Å². The van der Waals surface area contributed by atoms with E-state index in [1.165, 1.54) is 25.4 Å². The molecule has 3 N–H and O–H groups in total. The lowest BCUT2D eigenvalue weighted by Gasteiger charge is -2.32. The Balaban J connectivity index is 1.40. The molecule has 2 aromatic heterocycles. The largest absolute Gasteiger partial charge is 0.493 e. The van der Waals surface area contributed by atoms with E-state index in [9.17, 15) is 18.4 Å². The molecule has 2 fully saturated rings. The van der Waals surface area contributed by atoms with Crippen LogP contribution in [0.25, 0.3) is 22.3 Å². The second-order valence-electron chi connectivity index (χ2n) is 9.77. The molecule has 0 aliphatic heterocycles. The van der Waals surface area contributed by atoms with Gasteiger partial charge in [-0.1, -0.05) is 0 Å². The number of amides is 2. The van der Waals surface area contributed by atoms with Crippen LogP contribution in [-0.4, -0.2) is 51.6 Å². The Morgan fingerprint density at radius 1 is 1.17 bits per heavy atom. The van der Waals surface area contributed by atoms with E-state index in [4.69, 9.17) is 4.74 Å². The van der Waals surface area contributed by atoms with Gasteiger partial charge in [0.1, 0.15) is 35.3 Å². The Kier molecular flexibility index (Phi) is 6.59. The minimum Gasteiger partial charge on any atom is -0.493 e. The van der Waals surface area contributed by atoms with Crippen LogP contribution in [0.2, 0.25) is 0 Å². The first kappa shape index (κ1) is 24.1. The summed E-state index contributed by atoms with van der Waals surface area (Å²) < 4.78 is 34.8. The highest BCUT2D eigenvalue weighted by atomic mass is 19.1. The van der Waals surface area contributed by atoms with Crippen molar-refractivity contribution in [2.45, 2.75) is 64.2 Å². The van der Waals surface area contributed by atoms with E-state index in [1.807, 2.05) is 0 Å². The van der Waals surface area contributed by atoms with Gasteiger partial charge in [-0.15, -0.1) is 0 Å². The van der Waals surface area contributed by atoms with Crippen molar-refractivity contribution in [3.05, 3.63) is 41.6 Å². The van der Waals surface area contributed by atoms with Gasteiger partial charge in [-0.25, -0.2) is 18.7 Å². The lowest BCUT2D eigenvalue weighted by Crippen LogP contribution is -2.49. The topological polar surface area (TPSA) is 109 Å². The van der Waals surface area contributed by atoms with Gasteiger partial charge in [0.2, 0.25) is 5.91 Å². The number of alkyl halides is 1. The van der Waals surface area contributed by atoms with Gasteiger partial charge in [0.05, 0.1) is 23.7 Å². The van der Waals surface area contributed by atoms with Crippen LogP contribution >= 0.6 is 0 Å². The van der Waals surface area contributed by atoms with Crippen molar-refractivity contribution in [1.82, 2.24) is 25.6 Å². The zero-order valence-corrected chi connectivity index (χ0v) is 20.2. The predicted molar refractivity (Wildman–Crippen MR) is 130 cm³/mol. The smallest absolute Gasteiger partial charge is 0.255 e. The lowest BCUT2D eigenvalue weighted by molar-refractivity contribution is -0.120. The standard InChI is InChI=1S/C26H29F2N5O3/c1-13-22(26(35)33-17-6-7-20(19(28)10-17)32-14(2)34)24-25(31-13)23(29-12-30-24)18-9-16(27)5-8-21(18)36-11-15-3-4-15/h5,8-9,12,15,17,19-20,31H,3-4,6-7,10-11H2,1-2H3,(H,32,34)(H,33,35)/t17-,19+,20+/m0/s1. The number of aromatic amines is 1. The molecule has 190 valence electrons. The van der Waals surface area contributed by atoms with Gasteiger partial charge < -0.3 is 20.4 Å². The van der Waals surface area contributed by atoms with Crippen LogP contribution in [0.4, 0.5) is 8.78 Å². The van der Waals surface area contributed by atoms with Gasteiger partial charge in [-0.05, 0) is 56.7 Å². The SMILES string of the molecule is CC(=O)N[C@@H]1CC[C@H](NC(=O)c2c(C)[nH]c3c(-c4cc(F)ccc4OCC4CC4)ncnc23)C[C@H]1F. The van der Waals surface area contributed by atoms with Crippen LogP contribution in [0.1, 0.15) is 55.1 Å². The Labute approximate surface area is 207 Å². The van der Waals surface area contributed by atoms with E-state index >= 15 is 0 Å². The monoisotopic (exact) mass is 497 g/mol. The van der Waals surface area contributed by atoms with E-state index < -0.39 is 18.0 Å². The molecule has 2 saturated carbocycles. The third-order valence-electron chi connectivity index (χ3n) is 6.86. The normalized spacial score (nSPS) is 21.8. The second kappa shape index (κ2) is 9.83. The summed E-state index contributed by atoms with van der Waals surface area (Å²) in [6, 6.07) is 3.41. The number of benzene rings is 1. The molecule has 0 saturated heterocycles. The molecule has 0 radical (unpaired) electrons. The Hall–Kier alpha value is -3.56. The molecule has 10 heteroatoms. The number of rotatable bonds is 7. The molecule has 3 atom stereocenters. The summed E-state index contributed by atoms with van der Waals surface area (Å²) >= 11 is 0. The summed E-state index contributed by atoms with van der Waals surface area (Å²) in [5.74, 6) is -0.0232. The predicted octanol–water partition coefficient (Wildman–Crippen LogP) is 3.99. The molecule has 2 heterocycles. The van der Waals surface area contributed by atoms with Crippen molar-refractivity contribution in [2.24, 2.45) is 5.92 Å². The summed E-state index contributed by atoms with van der Waals surface area (Å²) in [6.45, 7) is 3.68. The number of fused-ring (bicyclic) bond motifs is 1. The Morgan fingerprint density at radius 2 is 1.97 bits per heavy atom. The van der Waals surface area contributed by atoms with E-state index in [0.717, 1.165) is 12.8 Å². The maximum Gasteiger partial charge on any atom is 0.255 e. The number of carbonyl (C=O) groups is 2. The minimum absolute atomic E-state index is 0.114. The number of nitrogens with zero attached hydrogens (tertiary/aromatic N) is 2. The molecule has 8 nitrogen and oxygen atoms in total. The van der Waals surface area contributed by atoms with Crippen molar-refractivity contribution in [3.63, 3.8) is 0 Å². The number of hydrogen-bond acceptors (Lipinski definition) is 5. The molecule has 0 unspecified atom stereocenters. The van der Waals surface area contributed by atoms with Gasteiger partial charge in [0.25, 0.3) is 5.91 Å². The minimum atomic E-state index is -1.24. The molecule has 2 aliphatic carbocycles. The fourth-order valence-electron chi connectivity index (χ4n) is 4.84. The molecule has 5 rings (SSSR count). The van der Waals surface area contributed by atoms with Crippen molar-refractivity contribution in [2.75, 3.05) is 6.61 Å². The number of carbonyl (C=O) groups excluding carboxylic acids is 2. The van der Waals surface area contributed by atoms with E-state index in [2.05, 4.69) is 25.6 Å². The van der Waals surface area contributed by atoms with Crippen LogP contribution in [0.15, 0.2) is 24.5 Å². The average Bonchev–Trinajstić information content (AvgIpc) is 3.59. The lowest BCUT2D eigenvalue weighted by atomic mass is 9.89. The highest BCUT2D eigenvalue weighted by Gasteiger charge is 2.33. The first-order chi connectivity index (χ1) is 17.3. The van der Waals surface area contributed by atoms with Gasteiger partial charge in [0.15, 0.2) is 0 Å². The fraction of sp³-hybridized carbons (Fsp3) is 0.462. The number of aromatic nitrogens is 3. The molecule has 0 bridgehead atoms. The third-order valence-corrected chi connectivity index (χ3v) is 6.86. The number of halogens is 2. The van der Waals surface area contributed by atoms with Crippen molar-refractivity contribution >= 4 is 22.8 Å². The van der Waals surface area contributed by atoms with E-state index in [-0.39, 0.29) is 24.3 Å². The summed E-state index contributed by atoms with van der Waals surface area (Å²) in [4.78, 5) is 36.5. The quantitative estimate of drug-likeness (QED) is 0.458. The van der Waals surface area contributed by atoms with Crippen molar-refractivity contribution in [1.29, 1.82) is 0 Å². The second-order valence-corrected chi connectivity index (χ2v) is 9.77. The molecule has 2 amide bonds. The van der Waals surface area contributed by atoms with Gasteiger partial charge in [-0.3, -0.25) is 9.59 Å². The van der Waals surface area contributed by atoms with E-state index in [0.29, 0.717) is 64.7 Å². The van der Waals surface area contributed by atoms with Crippen LogP contribution in [0.5, 0.6) is 5.75 Å². The summed E-state index contributed by atoms with van der Waals surface area (Å²) in [5, 5.41) is 5.55. The van der Waals surface area contributed by atoms with Gasteiger partial charge >= 0.3 is 0 Å². The summed E-state index contributed by atoms with van der Waals surface area (Å²) in [5.41, 5.74) is 2.73. The number of aryl methyl sites for hydroxylation is 1. The number of ether oxygens (including phenoxy) is 1. The number of nitrogens with one attached hydrogen (secondary N) is 3. The zero-order valence-electron chi connectivity index (χ0n) is 20.2. The molecule has 3 aromatic rings.